The number of nitrogens with one attached hydrogen (secondary N) is 1. The van der Waals surface area contributed by atoms with Crippen molar-refractivity contribution in [1.82, 2.24) is 20.4 Å². The van der Waals surface area contributed by atoms with Gasteiger partial charge in [0.2, 0.25) is 11.8 Å². The molecule has 17 heavy (non-hydrogen) atoms. The van der Waals surface area contributed by atoms with Gasteiger partial charge in [-0.1, -0.05) is 11.8 Å². The van der Waals surface area contributed by atoms with Crippen molar-refractivity contribution in [2.75, 3.05) is 26.2 Å². The summed E-state index contributed by atoms with van der Waals surface area (Å²) in [6, 6.07) is 0. The Labute approximate surface area is 104 Å². The third-order valence-corrected chi connectivity index (χ3v) is 3.48. The second kappa shape index (κ2) is 5.50. The van der Waals surface area contributed by atoms with Crippen LogP contribution in [0.25, 0.3) is 0 Å². The number of hydrogen-bond donors (Lipinski definition) is 1. The van der Waals surface area contributed by atoms with Crippen molar-refractivity contribution in [2.45, 2.75) is 24.3 Å². The third kappa shape index (κ3) is 3.19. The van der Waals surface area contributed by atoms with Crippen LogP contribution in [-0.4, -0.2) is 52.4 Å². The molecule has 1 saturated heterocycles. The van der Waals surface area contributed by atoms with Gasteiger partial charge in [0.1, 0.15) is 0 Å². The fourth-order valence-corrected chi connectivity index (χ4v) is 2.48. The van der Waals surface area contributed by atoms with Gasteiger partial charge in [-0.3, -0.25) is 4.79 Å². The molecule has 1 amide bonds. The Hall–Kier alpha value is -1.08. The van der Waals surface area contributed by atoms with Crippen LogP contribution >= 0.6 is 11.8 Å². The lowest BCUT2D eigenvalue weighted by Crippen LogP contribution is -2.48. The molecule has 7 heteroatoms. The highest BCUT2D eigenvalue weighted by Crippen LogP contribution is 2.23. The minimum Gasteiger partial charge on any atom is -0.416 e. The zero-order valence-corrected chi connectivity index (χ0v) is 10.8. The van der Waals surface area contributed by atoms with E-state index in [2.05, 4.69) is 15.5 Å². The molecule has 0 saturated carbocycles. The van der Waals surface area contributed by atoms with Gasteiger partial charge in [-0.15, -0.1) is 10.2 Å². The van der Waals surface area contributed by atoms with Crippen molar-refractivity contribution in [2.24, 2.45) is 0 Å². The summed E-state index contributed by atoms with van der Waals surface area (Å²) in [5, 5.41) is 11.1. The Balaban J connectivity index is 1.90. The van der Waals surface area contributed by atoms with Crippen molar-refractivity contribution >= 4 is 17.7 Å². The van der Waals surface area contributed by atoms with E-state index in [-0.39, 0.29) is 11.2 Å². The van der Waals surface area contributed by atoms with Crippen LogP contribution in [0.15, 0.2) is 9.64 Å². The lowest BCUT2D eigenvalue weighted by molar-refractivity contribution is -0.130. The van der Waals surface area contributed by atoms with Crippen LogP contribution in [0.3, 0.4) is 0 Å². The second-order valence-electron chi connectivity index (χ2n) is 3.92. The predicted molar refractivity (Wildman–Crippen MR) is 63.8 cm³/mol. The summed E-state index contributed by atoms with van der Waals surface area (Å²) in [5.41, 5.74) is 0. The SMILES string of the molecule is Cc1nnc(SC(C)C(=O)N2CCNCC2)o1. The first kappa shape index (κ1) is 12.4. The first-order chi connectivity index (χ1) is 8.16. The molecule has 0 spiro atoms. The van der Waals surface area contributed by atoms with Crippen LogP contribution in [-0.2, 0) is 4.79 Å². The molecule has 0 aliphatic carbocycles. The van der Waals surface area contributed by atoms with E-state index in [4.69, 9.17) is 4.42 Å². The molecule has 2 heterocycles. The Morgan fingerprint density at radius 2 is 2.18 bits per heavy atom. The zero-order chi connectivity index (χ0) is 12.3. The predicted octanol–water partition coefficient (Wildman–Crippen LogP) is 0.290. The van der Waals surface area contributed by atoms with Crippen LogP contribution in [0.4, 0.5) is 0 Å². The van der Waals surface area contributed by atoms with Crippen LogP contribution in [0, 0.1) is 6.92 Å². The number of nitrogens with zero attached hydrogens (tertiary/aromatic N) is 3. The first-order valence-corrected chi connectivity index (χ1v) is 6.51. The number of piperazine rings is 1. The molecule has 1 atom stereocenters. The highest BCUT2D eigenvalue weighted by molar-refractivity contribution is 8.00. The Morgan fingerprint density at radius 1 is 1.47 bits per heavy atom. The summed E-state index contributed by atoms with van der Waals surface area (Å²) in [5.74, 6) is 0.654. The molecule has 6 nitrogen and oxygen atoms in total. The number of carbonyl (C=O) groups is 1. The molecule has 1 aromatic heterocycles. The fourth-order valence-electron chi connectivity index (χ4n) is 1.67. The van der Waals surface area contributed by atoms with E-state index in [1.54, 1.807) is 6.92 Å². The van der Waals surface area contributed by atoms with Gasteiger partial charge < -0.3 is 14.6 Å². The molecule has 1 fully saturated rings. The van der Waals surface area contributed by atoms with Crippen LogP contribution in [0.2, 0.25) is 0 Å². The zero-order valence-electron chi connectivity index (χ0n) is 9.97. The number of amides is 1. The molecule has 0 bridgehead atoms. The maximum atomic E-state index is 12.1. The molecule has 1 aliphatic heterocycles. The average molecular weight is 256 g/mol. The number of thioether (sulfide) groups is 1. The molecular weight excluding hydrogens is 240 g/mol. The quantitative estimate of drug-likeness (QED) is 0.784. The van der Waals surface area contributed by atoms with Crippen LogP contribution in [0.1, 0.15) is 12.8 Å². The van der Waals surface area contributed by atoms with E-state index < -0.39 is 0 Å². The number of rotatable bonds is 3. The lowest BCUT2D eigenvalue weighted by Gasteiger charge is -2.29. The number of aryl methyl sites for hydroxylation is 1. The van der Waals surface area contributed by atoms with E-state index in [1.807, 2.05) is 11.8 Å². The van der Waals surface area contributed by atoms with Crippen molar-refractivity contribution in [1.29, 1.82) is 0 Å². The van der Waals surface area contributed by atoms with Gasteiger partial charge in [0.25, 0.3) is 5.22 Å². The van der Waals surface area contributed by atoms with Gasteiger partial charge in [-0.25, -0.2) is 0 Å². The monoisotopic (exact) mass is 256 g/mol. The van der Waals surface area contributed by atoms with E-state index in [9.17, 15) is 4.79 Å². The minimum atomic E-state index is -0.187. The Bertz CT molecular complexity index is 389. The Kier molecular flexibility index (Phi) is 4.01. The summed E-state index contributed by atoms with van der Waals surface area (Å²) >= 11 is 1.31. The molecule has 0 aromatic carbocycles. The van der Waals surface area contributed by atoms with Gasteiger partial charge in [0.15, 0.2) is 0 Å². The average Bonchev–Trinajstić information content (AvgIpc) is 2.75. The van der Waals surface area contributed by atoms with Crippen LogP contribution in [0.5, 0.6) is 0 Å². The molecule has 94 valence electrons. The second-order valence-corrected chi connectivity index (χ2v) is 5.21. The largest absolute Gasteiger partial charge is 0.416 e. The number of carbonyl (C=O) groups excluding carboxylic acids is 1. The maximum absolute atomic E-state index is 12.1. The van der Waals surface area contributed by atoms with Crippen molar-refractivity contribution in [3.05, 3.63) is 5.89 Å². The van der Waals surface area contributed by atoms with E-state index in [1.165, 1.54) is 11.8 Å². The summed E-state index contributed by atoms with van der Waals surface area (Å²) < 4.78 is 5.25. The van der Waals surface area contributed by atoms with E-state index in [0.717, 1.165) is 26.2 Å². The Morgan fingerprint density at radius 3 is 2.76 bits per heavy atom. The highest BCUT2D eigenvalue weighted by atomic mass is 32.2. The molecule has 1 aliphatic rings. The summed E-state index contributed by atoms with van der Waals surface area (Å²) in [7, 11) is 0. The van der Waals surface area contributed by atoms with Crippen molar-refractivity contribution < 1.29 is 9.21 Å². The van der Waals surface area contributed by atoms with E-state index in [0.29, 0.717) is 11.1 Å². The molecule has 2 rings (SSSR count). The van der Waals surface area contributed by atoms with Crippen LogP contribution < -0.4 is 5.32 Å². The van der Waals surface area contributed by atoms with E-state index >= 15 is 0 Å². The molecule has 0 radical (unpaired) electrons. The minimum absolute atomic E-state index is 0.132. The first-order valence-electron chi connectivity index (χ1n) is 5.63. The van der Waals surface area contributed by atoms with Crippen molar-refractivity contribution in [3.8, 4) is 0 Å². The molecule has 1 aromatic rings. The van der Waals surface area contributed by atoms with Crippen molar-refractivity contribution in [3.63, 3.8) is 0 Å². The summed E-state index contributed by atoms with van der Waals surface area (Å²) in [6.07, 6.45) is 0. The van der Waals surface area contributed by atoms with Gasteiger partial charge in [0.05, 0.1) is 5.25 Å². The fraction of sp³-hybridized carbons (Fsp3) is 0.700. The topological polar surface area (TPSA) is 71.3 Å². The lowest BCUT2D eigenvalue weighted by atomic mass is 10.3. The molecule has 1 unspecified atom stereocenters. The van der Waals surface area contributed by atoms with Gasteiger partial charge in [-0.05, 0) is 6.92 Å². The van der Waals surface area contributed by atoms with Gasteiger partial charge in [0, 0.05) is 33.1 Å². The maximum Gasteiger partial charge on any atom is 0.277 e. The normalized spacial score (nSPS) is 18.1. The van der Waals surface area contributed by atoms with Gasteiger partial charge >= 0.3 is 0 Å². The summed E-state index contributed by atoms with van der Waals surface area (Å²) in [4.78, 5) is 14.0. The standard InChI is InChI=1S/C10H16N4O2S/c1-7(17-10-13-12-8(2)16-10)9(15)14-5-3-11-4-6-14/h7,11H,3-6H2,1-2H3. The number of hydrogen-bond acceptors (Lipinski definition) is 6. The smallest absolute Gasteiger partial charge is 0.277 e. The molecular formula is C10H16N4O2S. The highest BCUT2D eigenvalue weighted by Gasteiger charge is 2.24. The number of aromatic nitrogens is 2. The summed E-state index contributed by atoms with van der Waals surface area (Å²) in [6.45, 7) is 6.87. The third-order valence-electron chi connectivity index (χ3n) is 2.56. The van der Waals surface area contributed by atoms with Gasteiger partial charge in [-0.2, -0.15) is 0 Å². The molecule has 1 N–H and O–H groups in total.